The summed E-state index contributed by atoms with van der Waals surface area (Å²) in [5.41, 5.74) is 6.15. The summed E-state index contributed by atoms with van der Waals surface area (Å²) in [4.78, 5) is 9.10. The molecule has 0 radical (unpaired) electrons. The van der Waals surface area contributed by atoms with Gasteiger partial charge in [0.1, 0.15) is 5.54 Å². The van der Waals surface area contributed by atoms with Crippen molar-refractivity contribution in [3.8, 4) is 22.5 Å². The van der Waals surface area contributed by atoms with E-state index in [9.17, 15) is 0 Å². The zero-order valence-corrected chi connectivity index (χ0v) is 22.4. The first kappa shape index (κ1) is 24.3. The Labute approximate surface area is 237 Å². The molecule has 1 aliphatic carbocycles. The van der Waals surface area contributed by atoms with Crippen LogP contribution in [-0.2, 0) is 5.54 Å². The van der Waals surface area contributed by atoms with Crippen molar-refractivity contribution in [2.24, 2.45) is 5.92 Å². The highest BCUT2D eigenvalue weighted by Gasteiger charge is 2.43. The largest absolute Gasteiger partial charge is 0.296 e. The van der Waals surface area contributed by atoms with Gasteiger partial charge in [-0.15, -0.1) is 0 Å². The molecular weight excluding hydrogens is 514 g/mol. The minimum absolute atomic E-state index is 0.158. The number of halogens is 1. The minimum Gasteiger partial charge on any atom is -0.296 e. The zero-order chi connectivity index (χ0) is 26.9. The molecule has 194 valence electrons. The maximum atomic E-state index is 6.78. The van der Waals surface area contributed by atoms with E-state index >= 15 is 0 Å². The summed E-state index contributed by atoms with van der Waals surface area (Å²) in [6.07, 6.45) is 19.4. The van der Waals surface area contributed by atoms with Crippen LogP contribution in [0.15, 0.2) is 140 Å². The van der Waals surface area contributed by atoms with Crippen LogP contribution < -0.4 is 0 Å². The van der Waals surface area contributed by atoms with Crippen LogP contribution in [0.5, 0.6) is 0 Å². The smallest absolute Gasteiger partial charge is 0.156 e. The van der Waals surface area contributed by atoms with Crippen molar-refractivity contribution in [2.45, 2.75) is 12.0 Å². The summed E-state index contributed by atoms with van der Waals surface area (Å²) >= 11 is 6.78. The topological polar surface area (TPSA) is 48.0 Å². The standard InChI is InChI=1S/C34H26ClN5/c35-30-20-25(23-39-32(22-37-33(30)39)31-18-10-11-19-36-31)26-21-38-40(24-26)34(27-12-4-1-5-13-27,28-14-6-2-7-15-28)29-16-8-3-9-17-29/h1-16,18-24,29H,17H2. The van der Waals surface area contributed by atoms with Gasteiger partial charge in [0.05, 0.1) is 28.8 Å². The predicted molar refractivity (Wildman–Crippen MR) is 160 cm³/mol. The fourth-order valence-electron chi connectivity index (χ4n) is 5.88. The normalized spacial score (nSPS) is 15.1. The first-order chi connectivity index (χ1) is 19.7. The van der Waals surface area contributed by atoms with Crippen molar-refractivity contribution in [3.05, 3.63) is 156 Å². The van der Waals surface area contributed by atoms with E-state index in [0.717, 1.165) is 28.9 Å². The minimum atomic E-state index is -0.552. The van der Waals surface area contributed by atoms with Gasteiger partial charge in [0, 0.05) is 35.6 Å². The van der Waals surface area contributed by atoms with Crippen LogP contribution in [0.4, 0.5) is 0 Å². The third kappa shape index (κ3) is 3.98. The van der Waals surface area contributed by atoms with Gasteiger partial charge in [0.15, 0.2) is 5.65 Å². The van der Waals surface area contributed by atoms with E-state index in [2.05, 4.69) is 112 Å². The van der Waals surface area contributed by atoms with Gasteiger partial charge in [-0.2, -0.15) is 5.10 Å². The van der Waals surface area contributed by atoms with E-state index in [1.54, 1.807) is 6.20 Å². The number of hydrogen-bond donors (Lipinski definition) is 0. The Hall–Kier alpha value is -4.74. The molecule has 0 bridgehead atoms. The van der Waals surface area contributed by atoms with Crippen LogP contribution >= 0.6 is 11.6 Å². The van der Waals surface area contributed by atoms with E-state index in [0.29, 0.717) is 10.7 Å². The van der Waals surface area contributed by atoms with E-state index in [-0.39, 0.29) is 5.92 Å². The number of hydrogen-bond acceptors (Lipinski definition) is 3. The second kappa shape index (κ2) is 10.1. The van der Waals surface area contributed by atoms with Crippen LogP contribution in [0.1, 0.15) is 17.5 Å². The number of fused-ring (bicyclic) bond motifs is 1. The van der Waals surface area contributed by atoms with Crippen molar-refractivity contribution < 1.29 is 0 Å². The van der Waals surface area contributed by atoms with E-state index < -0.39 is 5.54 Å². The number of allylic oxidation sites excluding steroid dienone is 4. The van der Waals surface area contributed by atoms with Gasteiger partial charge >= 0.3 is 0 Å². The molecule has 5 nitrogen and oxygen atoms in total. The maximum absolute atomic E-state index is 6.78. The quantitative estimate of drug-likeness (QED) is 0.216. The molecule has 0 fully saturated rings. The van der Waals surface area contributed by atoms with Crippen LogP contribution in [0.25, 0.3) is 28.2 Å². The molecule has 0 spiro atoms. The third-order valence-electron chi connectivity index (χ3n) is 7.71. The van der Waals surface area contributed by atoms with Gasteiger partial charge in [0.2, 0.25) is 0 Å². The number of benzene rings is 2. The SMILES string of the molecule is Clc1cc(-c2cnn(C(c3ccccc3)(c3ccccc3)C3C=CC=CC3)c2)cn2c(-c3ccccn3)cnc12. The van der Waals surface area contributed by atoms with Gasteiger partial charge in [-0.1, -0.05) is 103 Å². The number of imidazole rings is 1. The third-order valence-corrected chi connectivity index (χ3v) is 7.99. The van der Waals surface area contributed by atoms with Crippen molar-refractivity contribution in [3.63, 3.8) is 0 Å². The Balaban J connectivity index is 1.42. The molecule has 4 heterocycles. The molecule has 7 rings (SSSR count). The van der Waals surface area contributed by atoms with E-state index in [1.165, 1.54) is 11.1 Å². The molecule has 6 heteroatoms. The number of nitrogens with zero attached hydrogens (tertiary/aromatic N) is 5. The summed E-state index contributed by atoms with van der Waals surface area (Å²) < 4.78 is 4.14. The van der Waals surface area contributed by atoms with Crippen molar-refractivity contribution in [2.75, 3.05) is 0 Å². The molecule has 4 aromatic heterocycles. The predicted octanol–water partition coefficient (Wildman–Crippen LogP) is 7.84. The second-order valence-corrected chi connectivity index (χ2v) is 10.4. The van der Waals surface area contributed by atoms with Gasteiger partial charge in [-0.3, -0.25) is 14.1 Å². The summed E-state index contributed by atoms with van der Waals surface area (Å²) in [6.45, 7) is 0. The van der Waals surface area contributed by atoms with Crippen molar-refractivity contribution in [1.82, 2.24) is 24.1 Å². The average Bonchev–Trinajstić information content (AvgIpc) is 3.69. The average molecular weight is 540 g/mol. The summed E-state index contributed by atoms with van der Waals surface area (Å²) in [7, 11) is 0. The number of aromatic nitrogens is 5. The molecule has 40 heavy (non-hydrogen) atoms. The second-order valence-electron chi connectivity index (χ2n) is 9.96. The lowest BCUT2D eigenvalue weighted by atomic mass is 9.70. The van der Waals surface area contributed by atoms with Crippen molar-refractivity contribution >= 4 is 17.2 Å². The van der Waals surface area contributed by atoms with Crippen LogP contribution in [0.3, 0.4) is 0 Å². The van der Waals surface area contributed by atoms with Crippen LogP contribution in [0, 0.1) is 5.92 Å². The summed E-state index contributed by atoms with van der Waals surface area (Å²) in [6, 6.07) is 29.2. The molecule has 0 amide bonds. The van der Waals surface area contributed by atoms with E-state index in [1.807, 2.05) is 41.1 Å². The monoisotopic (exact) mass is 539 g/mol. The fourth-order valence-corrected chi connectivity index (χ4v) is 6.13. The van der Waals surface area contributed by atoms with Crippen LogP contribution in [0.2, 0.25) is 5.02 Å². The Morgan fingerprint density at radius 2 is 1.52 bits per heavy atom. The first-order valence-electron chi connectivity index (χ1n) is 13.3. The molecule has 0 aliphatic heterocycles. The Bertz CT molecular complexity index is 1800. The molecule has 2 aromatic carbocycles. The van der Waals surface area contributed by atoms with Gasteiger partial charge in [-0.05, 0) is 35.7 Å². The number of rotatable bonds is 6. The van der Waals surface area contributed by atoms with Crippen molar-refractivity contribution in [1.29, 1.82) is 0 Å². The molecule has 0 N–H and O–H groups in total. The highest BCUT2D eigenvalue weighted by molar-refractivity contribution is 6.33. The first-order valence-corrected chi connectivity index (χ1v) is 13.7. The summed E-state index contributed by atoms with van der Waals surface area (Å²) in [5, 5.41) is 5.62. The van der Waals surface area contributed by atoms with Gasteiger partial charge in [0.25, 0.3) is 0 Å². The lowest BCUT2D eigenvalue weighted by Crippen LogP contribution is -2.43. The molecule has 0 saturated carbocycles. The Kier molecular flexibility index (Phi) is 6.14. The highest BCUT2D eigenvalue weighted by Crippen LogP contribution is 2.44. The molecule has 1 aliphatic rings. The number of pyridine rings is 2. The highest BCUT2D eigenvalue weighted by atomic mass is 35.5. The lowest BCUT2D eigenvalue weighted by molar-refractivity contribution is 0.293. The summed E-state index contributed by atoms with van der Waals surface area (Å²) in [5.74, 6) is 0.158. The molecular formula is C34H26ClN5. The maximum Gasteiger partial charge on any atom is 0.156 e. The van der Waals surface area contributed by atoms with Gasteiger partial charge in [-0.25, -0.2) is 4.98 Å². The lowest BCUT2D eigenvalue weighted by Gasteiger charge is -2.41. The molecule has 6 aromatic rings. The molecule has 1 atom stereocenters. The molecule has 1 unspecified atom stereocenters. The Morgan fingerprint density at radius 3 is 2.20 bits per heavy atom. The Morgan fingerprint density at radius 1 is 0.775 bits per heavy atom. The van der Waals surface area contributed by atoms with E-state index in [4.69, 9.17) is 16.7 Å². The van der Waals surface area contributed by atoms with Crippen LogP contribution in [-0.4, -0.2) is 24.1 Å². The zero-order valence-electron chi connectivity index (χ0n) is 21.7. The molecule has 0 saturated heterocycles. The fraction of sp³-hybridized carbons (Fsp3) is 0.0882. The van der Waals surface area contributed by atoms with Gasteiger partial charge < -0.3 is 0 Å².